The van der Waals surface area contributed by atoms with E-state index in [2.05, 4.69) is 12.6 Å². The SMILES string of the molecule is CCOC(=O)C(NC(=O)C(F)(F)F)C1(S)CC[N+](C)([O-])CC1. The topological polar surface area (TPSA) is 78.5 Å². The number of nitrogens with zero attached hydrogens (tertiary/aromatic N) is 1. The summed E-state index contributed by atoms with van der Waals surface area (Å²) in [5.74, 6) is -3.22. The van der Waals surface area contributed by atoms with E-state index in [-0.39, 0.29) is 32.5 Å². The van der Waals surface area contributed by atoms with Crippen LogP contribution in [0.3, 0.4) is 0 Å². The molecule has 0 bridgehead atoms. The monoisotopic (exact) mass is 344 g/mol. The van der Waals surface area contributed by atoms with Gasteiger partial charge in [0.1, 0.15) is 6.04 Å². The first kappa shape index (κ1) is 19.0. The van der Waals surface area contributed by atoms with Gasteiger partial charge in [-0.25, -0.2) is 4.79 Å². The second-order valence-corrected chi connectivity index (χ2v) is 6.39. The highest BCUT2D eigenvalue weighted by Crippen LogP contribution is 2.35. The van der Waals surface area contributed by atoms with Crippen molar-refractivity contribution in [2.45, 2.75) is 36.7 Å². The largest absolute Gasteiger partial charge is 0.633 e. The third-order valence-electron chi connectivity index (χ3n) is 3.63. The van der Waals surface area contributed by atoms with Crippen LogP contribution < -0.4 is 5.32 Å². The predicted molar refractivity (Wildman–Crippen MR) is 74.9 cm³/mol. The maximum absolute atomic E-state index is 12.4. The fourth-order valence-electron chi connectivity index (χ4n) is 2.24. The molecule has 1 aliphatic rings. The Labute approximate surface area is 131 Å². The summed E-state index contributed by atoms with van der Waals surface area (Å²) < 4.78 is 40.2. The van der Waals surface area contributed by atoms with Crippen molar-refractivity contribution < 1.29 is 32.1 Å². The average Bonchev–Trinajstić information content (AvgIpc) is 2.38. The number of carbonyl (C=O) groups is 2. The molecule has 1 heterocycles. The van der Waals surface area contributed by atoms with Crippen LogP contribution in [0.15, 0.2) is 0 Å². The number of hydroxylamine groups is 3. The van der Waals surface area contributed by atoms with Gasteiger partial charge in [-0.15, -0.1) is 0 Å². The van der Waals surface area contributed by atoms with Crippen molar-refractivity contribution in [2.24, 2.45) is 0 Å². The van der Waals surface area contributed by atoms with Crippen LogP contribution in [0.5, 0.6) is 0 Å². The third kappa shape index (κ3) is 4.75. The van der Waals surface area contributed by atoms with Gasteiger partial charge in [-0.05, 0) is 6.92 Å². The van der Waals surface area contributed by atoms with E-state index in [4.69, 9.17) is 4.74 Å². The summed E-state index contributed by atoms with van der Waals surface area (Å²) in [5, 5.41) is 13.5. The summed E-state index contributed by atoms with van der Waals surface area (Å²) in [7, 11) is 1.43. The second-order valence-electron chi connectivity index (χ2n) is 5.50. The van der Waals surface area contributed by atoms with Crippen LogP contribution in [0.4, 0.5) is 13.2 Å². The molecule has 0 spiro atoms. The van der Waals surface area contributed by atoms with E-state index in [9.17, 15) is 28.0 Å². The molecule has 0 radical (unpaired) electrons. The number of nitrogens with one attached hydrogen (secondary N) is 1. The number of halogens is 3. The molecule has 0 aromatic heterocycles. The van der Waals surface area contributed by atoms with Crippen molar-refractivity contribution in [2.75, 3.05) is 26.7 Å². The molecule has 1 atom stereocenters. The zero-order valence-electron chi connectivity index (χ0n) is 12.3. The molecule has 6 nitrogen and oxygen atoms in total. The van der Waals surface area contributed by atoms with Crippen LogP contribution in [-0.4, -0.2) is 60.2 Å². The molecule has 10 heteroatoms. The summed E-state index contributed by atoms with van der Waals surface area (Å²) in [6, 6.07) is -1.56. The van der Waals surface area contributed by atoms with Gasteiger partial charge in [0, 0.05) is 12.8 Å². The minimum absolute atomic E-state index is 0.0452. The normalized spacial score (nSPS) is 30.5. The summed E-state index contributed by atoms with van der Waals surface area (Å²) in [6.45, 7) is 1.62. The Kier molecular flexibility index (Phi) is 5.74. The first-order valence-corrected chi connectivity index (χ1v) is 7.18. The number of likely N-dealkylation sites (tertiary alicyclic amines) is 1. The van der Waals surface area contributed by atoms with Gasteiger partial charge >= 0.3 is 18.1 Å². The maximum atomic E-state index is 12.4. The molecular weight excluding hydrogens is 325 g/mol. The number of rotatable bonds is 4. The van der Waals surface area contributed by atoms with E-state index in [1.54, 1.807) is 5.32 Å². The summed E-state index contributed by atoms with van der Waals surface area (Å²) in [4.78, 5) is 23.1. The Morgan fingerprint density at radius 2 is 1.91 bits per heavy atom. The van der Waals surface area contributed by atoms with Crippen molar-refractivity contribution in [3.63, 3.8) is 0 Å². The molecule has 0 saturated carbocycles. The van der Waals surface area contributed by atoms with Crippen LogP contribution in [0.25, 0.3) is 0 Å². The molecule has 1 aliphatic heterocycles. The molecule has 0 aromatic rings. The van der Waals surface area contributed by atoms with Gasteiger partial charge in [-0.3, -0.25) is 4.79 Å². The number of amides is 1. The number of alkyl halides is 3. The van der Waals surface area contributed by atoms with Crippen LogP contribution in [0, 0.1) is 5.21 Å². The molecule has 1 saturated heterocycles. The molecule has 1 N–H and O–H groups in total. The van der Waals surface area contributed by atoms with Gasteiger partial charge in [0.05, 0.1) is 31.5 Å². The summed E-state index contributed by atoms with van der Waals surface area (Å²) in [6.07, 6.45) is -4.96. The van der Waals surface area contributed by atoms with Gasteiger partial charge in [0.15, 0.2) is 0 Å². The Balaban J connectivity index is 2.95. The predicted octanol–water partition coefficient (Wildman–Crippen LogP) is 1.00. The number of carbonyl (C=O) groups excluding carboxylic acids is 2. The van der Waals surface area contributed by atoms with Crippen LogP contribution in [0.1, 0.15) is 19.8 Å². The second kappa shape index (κ2) is 6.63. The minimum Gasteiger partial charge on any atom is -0.633 e. The van der Waals surface area contributed by atoms with Gasteiger partial charge in [-0.2, -0.15) is 25.8 Å². The molecule has 128 valence electrons. The van der Waals surface area contributed by atoms with E-state index < -0.39 is 33.5 Å². The lowest BCUT2D eigenvalue weighted by atomic mass is 9.87. The summed E-state index contributed by atoms with van der Waals surface area (Å²) in [5.41, 5.74) is 0. The van der Waals surface area contributed by atoms with Gasteiger partial charge in [-0.1, -0.05) is 0 Å². The van der Waals surface area contributed by atoms with Crippen molar-refractivity contribution in [3.8, 4) is 0 Å². The lowest BCUT2D eigenvalue weighted by Gasteiger charge is -2.49. The molecule has 1 amide bonds. The fourth-order valence-corrected chi connectivity index (χ4v) is 2.61. The first-order chi connectivity index (χ1) is 9.91. The van der Waals surface area contributed by atoms with Crippen molar-refractivity contribution >= 4 is 24.5 Å². The van der Waals surface area contributed by atoms with Crippen LogP contribution >= 0.6 is 12.6 Å². The number of piperidine rings is 1. The standard InChI is InChI=1S/C12H19F3N2O4S/c1-3-21-9(18)8(16-10(19)12(13,14)15)11(22)4-6-17(2,20)7-5-11/h8,22H,3-7H2,1-2H3,(H,16,19). The molecule has 1 rings (SSSR count). The highest BCUT2D eigenvalue weighted by molar-refractivity contribution is 7.82. The van der Waals surface area contributed by atoms with Crippen molar-refractivity contribution in [1.29, 1.82) is 0 Å². The zero-order chi connectivity index (χ0) is 17.2. The van der Waals surface area contributed by atoms with Crippen LogP contribution in [-0.2, 0) is 14.3 Å². The Bertz CT molecular complexity index is 433. The Hall–Kier alpha value is -1.00. The smallest absolute Gasteiger partial charge is 0.471 e. The van der Waals surface area contributed by atoms with Gasteiger partial charge < -0.3 is 19.9 Å². The van der Waals surface area contributed by atoms with E-state index in [1.165, 1.54) is 14.0 Å². The Morgan fingerprint density at radius 3 is 2.32 bits per heavy atom. The highest BCUT2D eigenvalue weighted by atomic mass is 32.1. The average molecular weight is 344 g/mol. The quantitative estimate of drug-likeness (QED) is 0.345. The number of ether oxygens (including phenoxy) is 1. The maximum Gasteiger partial charge on any atom is 0.471 e. The Morgan fingerprint density at radius 1 is 1.41 bits per heavy atom. The van der Waals surface area contributed by atoms with E-state index >= 15 is 0 Å². The molecule has 1 unspecified atom stereocenters. The number of hydrogen-bond acceptors (Lipinski definition) is 5. The summed E-state index contributed by atoms with van der Waals surface area (Å²) >= 11 is 4.29. The molecular formula is C12H19F3N2O4S. The van der Waals surface area contributed by atoms with Crippen molar-refractivity contribution in [1.82, 2.24) is 5.32 Å². The molecule has 1 fully saturated rings. The number of quaternary nitrogens is 1. The molecule has 22 heavy (non-hydrogen) atoms. The number of esters is 1. The van der Waals surface area contributed by atoms with E-state index in [0.717, 1.165) is 0 Å². The fraction of sp³-hybridized carbons (Fsp3) is 0.833. The van der Waals surface area contributed by atoms with Crippen molar-refractivity contribution in [3.05, 3.63) is 5.21 Å². The highest BCUT2D eigenvalue weighted by Gasteiger charge is 2.49. The third-order valence-corrected chi connectivity index (χ3v) is 4.33. The first-order valence-electron chi connectivity index (χ1n) is 6.73. The lowest BCUT2D eigenvalue weighted by Crippen LogP contribution is -2.62. The number of thiol groups is 1. The van der Waals surface area contributed by atoms with Crippen LogP contribution in [0.2, 0.25) is 0 Å². The lowest BCUT2D eigenvalue weighted by molar-refractivity contribution is -0.866. The zero-order valence-corrected chi connectivity index (χ0v) is 13.2. The molecule has 0 aromatic carbocycles. The minimum atomic E-state index is -5.12. The van der Waals surface area contributed by atoms with E-state index in [1.807, 2.05) is 0 Å². The number of hydrogen-bond donors (Lipinski definition) is 2. The molecule has 0 aliphatic carbocycles. The van der Waals surface area contributed by atoms with E-state index in [0.29, 0.717) is 0 Å². The van der Waals surface area contributed by atoms with Gasteiger partial charge in [0.2, 0.25) is 0 Å². The van der Waals surface area contributed by atoms with Gasteiger partial charge in [0.25, 0.3) is 0 Å².